The van der Waals surface area contributed by atoms with E-state index in [1.807, 2.05) is 54.6 Å². The molecule has 0 aliphatic carbocycles. The second-order valence-corrected chi connectivity index (χ2v) is 4.61. The van der Waals surface area contributed by atoms with E-state index >= 15 is 0 Å². The molecule has 0 radical (unpaired) electrons. The first-order valence-corrected chi connectivity index (χ1v) is 6.35. The summed E-state index contributed by atoms with van der Waals surface area (Å²) in [4.78, 5) is 4.46. The van der Waals surface area contributed by atoms with Crippen LogP contribution in [0.25, 0.3) is 22.0 Å². The summed E-state index contributed by atoms with van der Waals surface area (Å²) in [6, 6.07) is 17.8. The monoisotopic (exact) mass is 269 g/mol. The van der Waals surface area contributed by atoms with Gasteiger partial charge in [0.2, 0.25) is 0 Å². The molecule has 3 heteroatoms. The van der Waals surface area contributed by atoms with Gasteiger partial charge >= 0.3 is 0 Å². The second-order valence-electron chi connectivity index (χ2n) is 4.25. The molecule has 0 spiro atoms. The number of hydrogen-bond donors (Lipinski definition) is 0. The van der Waals surface area contributed by atoms with Gasteiger partial charge in [0.1, 0.15) is 10.9 Å². The number of halogens is 1. The van der Waals surface area contributed by atoms with Crippen LogP contribution < -0.4 is 4.74 Å². The smallest absolute Gasteiger partial charge is 0.137 e. The van der Waals surface area contributed by atoms with Crippen LogP contribution in [-0.4, -0.2) is 12.1 Å². The Labute approximate surface area is 116 Å². The Balaban J connectivity index is 2.19. The van der Waals surface area contributed by atoms with Crippen molar-refractivity contribution in [1.29, 1.82) is 0 Å². The van der Waals surface area contributed by atoms with Crippen molar-refractivity contribution in [3.8, 4) is 17.0 Å². The van der Waals surface area contributed by atoms with E-state index < -0.39 is 0 Å². The summed E-state index contributed by atoms with van der Waals surface area (Å²) >= 11 is 6.24. The molecule has 0 saturated heterocycles. The topological polar surface area (TPSA) is 22.1 Å². The number of rotatable bonds is 2. The normalized spacial score (nSPS) is 10.6. The molecule has 94 valence electrons. The van der Waals surface area contributed by atoms with E-state index in [-0.39, 0.29) is 0 Å². The number of methoxy groups -OCH3 is 1. The van der Waals surface area contributed by atoms with E-state index in [1.54, 1.807) is 7.11 Å². The van der Waals surface area contributed by atoms with Gasteiger partial charge in [-0.05, 0) is 23.6 Å². The molecule has 0 aliphatic rings. The van der Waals surface area contributed by atoms with Crippen molar-refractivity contribution >= 4 is 22.4 Å². The Morgan fingerprint density at radius 3 is 2.68 bits per heavy atom. The van der Waals surface area contributed by atoms with Gasteiger partial charge in [0, 0.05) is 10.9 Å². The zero-order valence-corrected chi connectivity index (χ0v) is 11.2. The van der Waals surface area contributed by atoms with Gasteiger partial charge in [-0.2, -0.15) is 0 Å². The first-order chi connectivity index (χ1) is 9.28. The third kappa shape index (κ3) is 2.27. The molecule has 0 N–H and O–H groups in total. The van der Waals surface area contributed by atoms with Crippen molar-refractivity contribution in [2.75, 3.05) is 7.11 Å². The van der Waals surface area contributed by atoms with Crippen LogP contribution in [0.3, 0.4) is 0 Å². The van der Waals surface area contributed by atoms with Crippen LogP contribution in [0.1, 0.15) is 0 Å². The Bertz CT molecular complexity index is 740. The maximum absolute atomic E-state index is 6.24. The fraction of sp³-hybridized carbons (Fsp3) is 0.0625. The highest BCUT2D eigenvalue weighted by Gasteiger charge is 2.06. The Morgan fingerprint density at radius 2 is 1.84 bits per heavy atom. The lowest BCUT2D eigenvalue weighted by Crippen LogP contribution is -1.88. The summed E-state index contributed by atoms with van der Waals surface area (Å²) in [6.45, 7) is 0. The van der Waals surface area contributed by atoms with E-state index in [9.17, 15) is 0 Å². The Kier molecular flexibility index (Phi) is 3.10. The lowest BCUT2D eigenvalue weighted by molar-refractivity contribution is 0.415. The summed E-state index contributed by atoms with van der Waals surface area (Å²) in [5, 5.41) is 2.58. The quantitative estimate of drug-likeness (QED) is 0.636. The Hall–Kier alpha value is -2.06. The molecule has 0 aliphatic heterocycles. The lowest BCUT2D eigenvalue weighted by Gasteiger charge is -2.07. The van der Waals surface area contributed by atoms with Gasteiger partial charge in [0.05, 0.1) is 12.8 Å². The standard InChI is InChI=1S/C16H12ClNO/c1-19-13-7-4-6-12(9-13)15-10-11-5-2-3-8-14(11)16(17)18-15/h2-10H,1H3. The van der Waals surface area contributed by atoms with Crippen molar-refractivity contribution in [1.82, 2.24) is 4.98 Å². The maximum Gasteiger partial charge on any atom is 0.137 e. The fourth-order valence-electron chi connectivity index (χ4n) is 2.09. The minimum Gasteiger partial charge on any atom is -0.497 e. The van der Waals surface area contributed by atoms with Gasteiger partial charge in [-0.3, -0.25) is 0 Å². The summed E-state index contributed by atoms with van der Waals surface area (Å²) < 4.78 is 5.23. The molecule has 0 bridgehead atoms. The average molecular weight is 270 g/mol. The van der Waals surface area contributed by atoms with Gasteiger partial charge in [0.25, 0.3) is 0 Å². The molecule has 0 saturated carbocycles. The molecule has 0 amide bonds. The molecular weight excluding hydrogens is 258 g/mol. The predicted molar refractivity (Wildman–Crippen MR) is 78.7 cm³/mol. The first-order valence-electron chi connectivity index (χ1n) is 5.97. The number of hydrogen-bond acceptors (Lipinski definition) is 2. The number of fused-ring (bicyclic) bond motifs is 1. The van der Waals surface area contributed by atoms with Gasteiger partial charge in [-0.25, -0.2) is 4.98 Å². The van der Waals surface area contributed by atoms with Gasteiger partial charge in [-0.15, -0.1) is 0 Å². The van der Waals surface area contributed by atoms with Crippen molar-refractivity contribution in [2.45, 2.75) is 0 Å². The van der Waals surface area contributed by atoms with E-state index in [2.05, 4.69) is 4.98 Å². The molecule has 1 heterocycles. The van der Waals surface area contributed by atoms with Crippen molar-refractivity contribution in [2.24, 2.45) is 0 Å². The van der Waals surface area contributed by atoms with E-state index in [4.69, 9.17) is 16.3 Å². The third-order valence-electron chi connectivity index (χ3n) is 3.06. The molecule has 1 aromatic heterocycles. The van der Waals surface area contributed by atoms with Crippen LogP contribution >= 0.6 is 11.6 Å². The second kappa shape index (κ2) is 4.90. The number of benzene rings is 2. The Morgan fingerprint density at radius 1 is 1.00 bits per heavy atom. The van der Waals surface area contributed by atoms with Crippen molar-refractivity contribution in [3.05, 3.63) is 59.8 Å². The molecule has 0 unspecified atom stereocenters. The summed E-state index contributed by atoms with van der Waals surface area (Å²) in [6.07, 6.45) is 0. The SMILES string of the molecule is COc1cccc(-c2cc3ccccc3c(Cl)n2)c1. The third-order valence-corrected chi connectivity index (χ3v) is 3.35. The van der Waals surface area contributed by atoms with Crippen LogP contribution in [-0.2, 0) is 0 Å². The highest BCUT2D eigenvalue weighted by molar-refractivity contribution is 6.34. The van der Waals surface area contributed by atoms with Crippen LogP contribution in [0.2, 0.25) is 5.15 Å². The highest BCUT2D eigenvalue weighted by Crippen LogP contribution is 2.29. The van der Waals surface area contributed by atoms with Crippen LogP contribution in [0.5, 0.6) is 5.75 Å². The first kappa shape index (κ1) is 12.0. The summed E-state index contributed by atoms with van der Waals surface area (Å²) in [5.41, 5.74) is 1.84. The highest BCUT2D eigenvalue weighted by atomic mass is 35.5. The molecule has 2 aromatic carbocycles. The lowest BCUT2D eigenvalue weighted by atomic mass is 10.1. The van der Waals surface area contributed by atoms with Crippen molar-refractivity contribution < 1.29 is 4.74 Å². The van der Waals surface area contributed by atoms with Crippen LogP contribution in [0.15, 0.2) is 54.6 Å². The van der Waals surface area contributed by atoms with Crippen molar-refractivity contribution in [3.63, 3.8) is 0 Å². The van der Waals surface area contributed by atoms with E-state index in [1.165, 1.54) is 0 Å². The van der Waals surface area contributed by atoms with E-state index in [0.717, 1.165) is 27.8 Å². The maximum atomic E-state index is 6.24. The molecule has 0 fully saturated rings. The van der Waals surface area contributed by atoms with E-state index in [0.29, 0.717) is 5.15 Å². The fourth-order valence-corrected chi connectivity index (χ4v) is 2.35. The number of pyridine rings is 1. The van der Waals surface area contributed by atoms with Gasteiger partial charge in [-0.1, -0.05) is 48.0 Å². The molecule has 3 rings (SSSR count). The number of nitrogens with zero attached hydrogens (tertiary/aromatic N) is 1. The number of aromatic nitrogens is 1. The molecule has 0 atom stereocenters. The van der Waals surface area contributed by atoms with Crippen LogP contribution in [0, 0.1) is 0 Å². The minimum absolute atomic E-state index is 0.524. The molecule has 19 heavy (non-hydrogen) atoms. The molecule has 3 aromatic rings. The average Bonchev–Trinajstić information content (AvgIpc) is 2.47. The largest absolute Gasteiger partial charge is 0.497 e. The zero-order valence-electron chi connectivity index (χ0n) is 10.4. The minimum atomic E-state index is 0.524. The number of ether oxygens (including phenoxy) is 1. The zero-order chi connectivity index (χ0) is 13.2. The van der Waals surface area contributed by atoms with Crippen LogP contribution in [0.4, 0.5) is 0 Å². The predicted octanol–water partition coefficient (Wildman–Crippen LogP) is 4.56. The molecule has 2 nitrogen and oxygen atoms in total. The van der Waals surface area contributed by atoms with Gasteiger partial charge < -0.3 is 4.74 Å². The summed E-state index contributed by atoms with van der Waals surface area (Å²) in [5.74, 6) is 0.809. The summed E-state index contributed by atoms with van der Waals surface area (Å²) in [7, 11) is 1.65. The van der Waals surface area contributed by atoms with Gasteiger partial charge in [0.15, 0.2) is 0 Å². The molecular formula is C16H12ClNO.